The molecule has 2 saturated heterocycles. The minimum atomic E-state index is -0.371. The molecule has 1 atom stereocenters. The van der Waals surface area contributed by atoms with Gasteiger partial charge in [-0.3, -0.25) is 9.59 Å². The van der Waals surface area contributed by atoms with Crippen LogP contribution in [0.5, 0.6) is 0 Å². The van der Waals surface area contributed by atoms with Crippen LogP contribution in [0.4, 0.5) is 0 Å². The van der Waals surface area contributed by atoms with Crippen LogP contribution in [0.2, 0.25) is 0 Å². The van der Waals surface area contributed by atoms with Crippen LogP contribution in [0, 0.1) is 12.3 Å². The maximum atomic E-state index is 13.1. The van der Waals surface area contributed by atoms with Gasteiger partial charge in [0.2, 0.25) is 11.8 Å². The summed E-state index contributed by atoms with van der Waals surface area (Å²) in [5, 5.41) is 0. The van der Waals surface area contributed by atoms with Gasteiger partial charge in [0.15, 0.2) is 0 Å². The molecule has 6 nitrogen and oxygen atoms in total. The van der Waals surface area contributed by atoms with Gasteiger partial charge in [-0.2, -0.15) is 0 Å². The molecule has 0 aliphatic carbocycles. The summed E-state index contributed by atoms with van der Waals surface area (Å²) in [4.78, 5) is 34.5. The highest BCUT2D eigenvalue weighted by molar-refractivity contribution is 5.87. The minimum Gasteiger partial charge on any atom is -0.340 e. The smallest absolute Gasteiger partial charge is 0.242 e. The zero-order valence-electron chi connectivity index (χ0n) is 16.4. The van der Waals surface area contributed by atoms with Crippen molar-refractivity contribution in [1.82, 2.24) is 19.4 Å². The second kappa shape index (κ2) is 6.66. The van der Waals surface area contributed by atoms with E-state index in [-0.39, 0.29) is 29.8 Å². The van der Waals surface area contributed by atoms with E-state index in [1.807, 2.05) is 45.6 Å². The van der Waals surface area contributed by atoms with Crippen molar-refractivity contribution in [3.63, 3.8) is 0 Å². The summed E-state index contributed by atoms with van der Waals surface area (Å²) >= 11 is 0. The van der Waals surface area contributed by atoms with Gasteiger partial charge >= 0.3 is 0 Å². The summed E-state index contributed by atoms with van der Waals surface area (Å²) in [5.41, 5.74) is 1.53. The van der Waals surface area contributed by atoms with E-state index in [4.69, 9.17) is 0 Å². The van der Waals surface area contributed by atoms with Crippen LogP contribution >= 0.6 is 0 Å². The fourth-order valence-electron chi connectivity index (χ4n) is 4.69. The molecular weight excluding hydrogens is 340 g/mol. The standard InChI is InChI=1S/C21H28N4O2/c1-15(2)24-11-6-9-21(20(24)27)10-12-23(14-21)19(26)13-25-16(3)22-17-7-4-5-8-18(17)25/h4-5,7-8,15H,6,9-14H2,1-3H3/t21-/m1/s1. The predicted molar refractivity (Wildman–Crippen MR) is 104 cm³/mol. The third kappa shape index (κ3) is 3.01. The molecule has 2 amide bonds. The molecule has 0 radical (unpaired) electrons. The zero-order chi connectivity index (χ0) is 19.2. The number of imidazole rings is 1. The number of carbonyl (C=O) groups excluding carboxylic acids is 2. The van der Waals surface area contributed by atoms with E-state index in [9.17, 15) is 9.59 Å². The molecule has 2 aromatic rings. The minimum absolute atomic E-state index is 0.0765. The SMILES string of the molecule is Cc1nc2ccccc2n1CC(=O)N1CC[C@]2(CCCN(C(C)C)C2=O)C1. The number of aromatic nitrogens is 2. The Balaban J connectivity index is 1.51. The first-order valence-corrected chi connectivity index (χ1v) is 9.92. The average molecular weight is 368 g/mol. The van der Waals surface area contributed by atoms with Crippen molar-refractivity contribution in [3.8, 4) is 0 Å². The van der Waals surface area contributed by atoms with E-state index >= 15 is 0 Å². The van der Waals surface area contributed by atoms with Crippen molar-refractivity contribution in [3.05, 3.63) is 30.1 Å². The molecule has 4 rings (SSSR count). The summed E-state index contributed by atoms with van der Waals surface area (Å²) in [6.45, 7) is 8.42. The lowest BCUT2D eigenvalue weighted by atomic mass is 9.78. The molecule has 0 bridgehead atoms. The molecule has 0 N–H and O–H groups in total. The van der Waals surface area contributed by atoms with Gasteiger partial charge in [0.05, 0.1) is 16.4 Å². The normalized spacial score (nSPS) is 23.2. The number of likely N-dealkylation sites (tertiary alicyclic amines) is 2. The topological polar surface area (TPSA) is 58.4 Å². The van der Waals surface area contributed by atoms with E-state index < -0.39 is 0 Å². The zero-order valence-corrected chi connectivity index (χ0v) is 16.4. The highest BCUT2D eigenvalue weighted by Gasteiger charge is 2.49. The van der Waals surface area contributed by atoms with Gasteiger partial charge in [-0.05, 0) is 52.2 Å². The van der Waals surface area contributed by atoms with Crippen LogP contribution < -0.4 is 0 Å². The number of amides is 2. The van der Waals surface area contributed by atoms with Gasteiger partial charge in [0.25, 0.3) is 0 Å². The van der Waals surface area contributed by atoms with E-state index in [0.29, 0.717) is 13.1 Å². The van der Waals surface area contributed by atoms with Crippen LogP contribution in [-0.4, -0.2) is 56.8 Å². The van der Waals surface area contributed by atoms with Crippen molar-refractivity contribution in [2.45, 2.75) is 52.6 Å². The molecule has 1 spiro atoms. The third-order valence-electron chi connectivity index (χ3n) is 6.24. The fraction of sp³-hybridized carbons (Fsp3) is 0.571. The van der Waals surface area contributed by atoms with E-state index in [1.54, 1.807) is 0 Å². The number of fused-ring (bicyclic) bond motifs is 1. The number of carbonyl (C=O) groups is 2. The van der Waals surface area contributed by atoms with Crippen molar-refractivity contribution in [2.75, 3.05) is 19.6 Å². The Kier molecular flexibility index (Phi) is 4.44. The summed E-state index contributed by atoms with van der Waals surface area (Å²) in [6, 6.07) is 8.12. The number of nitrogens with zero attached hydrogens (tertiary/aromatic N) is 4. The van der Waals surface area contributed by atoms with Crippen LogP contribution in [-0.2, 0) is 16.1 Å². The Morgan fingerprint density at radius 2 is 2.00 bits per heavy atom. The molecule has 27 heavy (non-hydrogen) atoms. The number of hydrogen-bond acceptors (Lipinski definition) is 3. The first-order chi connectivity index (χ1) is 12.9. The lowest BCUT2D eigenvalue weighted by Crippen LogP contribution is -2.52. The highest BCUT2D eigenvalue weighted by atomic mass is 16.2. The van der Waals surface area contributed by atoms with Crippen LogP contribution in [0.1, 0.15) is 38.9 Å². The second-order valence-corrected chi connectivity index (χ2v) is 8.28. The quantitative estimate of drug-likeness (QED) is 0.837. The Hall–Kier alpha value is -2.37. The molecular formula is C21H28N4O2. The van der Waals surface area contributed by atoms with E-state index in [1.165, 1.54) is 0 Å². The van der Waals surface area contributed by atoms with Crippen molar-refractivity contribution >= 4 is 22.8 Å². The van der Waals surface area contributed by atoms with Crippen LogP contribution in [0.25, 0.3) is 11.0 Å². The van der Waals surface area contributed by atoms with Gasteiger partial charge in [0, 0.05) is 25.7 Å². The van der Waals surface area contributed by atoms with Gasteiger partial charge in [-0.15, -0.1) is 0 Å². The number of rotatable bonds is 3. The summed E-state index contributed by atoms with van der Waals surface area (Å²) in [7, 11) is 0. The van der Waals surface area contributed by atoms with Crippen molar-refractivity contribution < 1.29 is 9.59 Å². The van der Waals surface area contributed by atoms with Crippen molar-refractivity contribution in [1.29, 1.82) is 0 Å². The average Bonchev–Trinajstić information content (AvgIpc) is 3.20. The number of aryl methyl sites for hydroxylation is 1. The van der Waals surface area contributed by atoms with Crippen molar-refractivity contribution in [2.24, 2.45) is 5.41 Å². The largest absolute Gasteiger partial charge is 0.340 e. The maximum absolute atomic E-state index is 13.1. The molecule has 6 heteroatoms. The molecule has 2 aliphatic rings. The highest BCUT2D eigenvalue weighted by Crippen LogP contribution is 2.40. The van der Waals surface area contributed by atoms with Crippen LogP contribution in [0.15, 0.2) is 24.3 Å². The number of para-hydroxylation sites is 2. The lowest BCUT2D eigenvalue weighted by Gasteiger charge is -2.41. The molecule has 0 saturated carbocycles. The Bertz CT molecular complexity index is 887. The number of benzene rings is 1. The number of piperidine rings is 1. The number of hydrogen-bond donors (Lipinski definition) is 0. The van der Waals surface area contributed by atoms with E-state index in [0.717, 1.165) is 42.7 Å². The molecule has 1 aromatic heterocycles. The molecule has 3 heterocycles. The fourth-order valence-corrected chi connectivity index (χ4v) is 4.69. The van der Waals surface area contributed by atoms with E-state index in [2.05, 4.69) is 18.8 Å². The predicted octanol–water partition coefficient (Wildman–Crippen LogP) is 2.59. The lowest BCUT2D eigenvalue weighted by molar-refractivity contribution is -0.148. The monoisotopic (exact) mass is 368 g/mol. The first-order valence-electron chi connectivity index (χ1n) is 9.92. The Morgan fingerprint density at radius 1 is 1.22 bits per heavy atom. The molecule has 144 valence electrons. The summed E-state index contributed by atoms with van der Waals surface area (Å²) in [6.07, 6.45) is 2.70. The molecule has 2 fully saturated rings. The van der Waals surface area contributed by atoms with Crippen LogP contribution in [0.3, 0.4) is 0 Å². The summed E-state index contributed by atoms with van der Waals surface area (Å²) < 4.78 is 1.98. The summed E-state index contributed by atoms with van der Waals surface area (Å²) in [5.74, 6) is 1.16. The van der Waals surface area contributed by atoms with Gasteiger partial charge in [-0.1, -0.05) is 12.1 Å². The van der Waals surface area contributed by atoms with Gasteiger partial charge in [0.1, 0.15) is 12.4 Å². The third-order valence-corrected chi connectivity index (χ3v) is 6.24. The Labute approximate surface area is 160 Å². The second-order valence-electron chi connectivity index (χ2n) is 8.28. The molecule has 0 unspecified atom stereocenters. The first kappa shape index (κ1) is 18.0. The maximum Gasteiger partial charge on any atom is 0.242 e. The Morgan fingerprint density at radius 3 is 2.78 bits per heavy atom. The molecule has 1 aromatic carbocycles. The van der Waals surface area contributed by atoms with Gasteiger partial charge in [-0.25, -0.2) is 4.98 Å². The van der Waals surface area contributed by atoms with Gasteiger partial charge < -0.3 is 14.4 Å². The molecule has 2 aliphatic heterocycles.